The highest BCUT2D eigenvalue weighted by Crippen LogP contribution is 2.17. The SMILES string of the molecule is O=S1(=O)CCCN(c2ccc(Br)cn2)CC1. The number of halogens is 1. The molecule has 16 heavy (non-hydrogen) atoms. The number of pyridine rings is 1. The number of sulfone groups is 1. The Balaban J connectivity index is 2.13. The van der Waals surface area contributed by atoms with Crippen molar-refractivity contribution in [2.45, 2.75) is 6.42 Å². The average molecular weight is 305 g/mol. The first kappa shape index (κ1) is 11.9. The highest BCUT2D eigenvalue weighted by Gasteiger charge is 2.19. The molecule has 1 aromatic rings. The first-order valence-electron chi connectivity index (χ1n) is 5.14. The van der Waals surface area contributed by atoms with Crippen LogP contribution in [0.25, 0.3) is 0 Å². The van der Waals surface area contributed by atoms with Gasteiger partial charge in [-0.1, -0.05) is 0 Å². The predicted molar refractivity (Wildman–Crippen MR) is 67.4 cm³/mol. The summed E-state index contributed by atoms with van der Waals surface area (Å²) in [6.07, 6.45) is 2.41. The Hall–Kier alpha value is -0.620. The number of aromatic nitrogens is 1. The van der Waals surface area contributed by atoms with Gasteiger partial charge in [-0.2, -0.15) is 0 Å². The molecule has 0 N–H and O–H groups in total. The highest BCUT2D eigenvalue weighted by molar-refractivity contribution is 9.10. The molecule has 1 saturated heterocycles. The van der Waals surface area contributed by atoms with E-state index >= 15 is 0 Å². The molecule has 0 spiro atoms. The molecule has 88 valence electrons. The van der Waals surface area contributed by atoms with E-state index in [0.717, 1.165) is 16.8 Å². The number of hydrogen-bond acceptors (Lipinski definition) is 4. The summed E-state index contributed by atoms with van der Waals surface area (Å²) in [4.78, 5) is 6.30. The molecule has 1 aliphatic rings. The number of nitrogens with zero attached hydrogens (tertiary/aromatic N) is 2. The van der Waals surface area contributed by atoms with Crippen LogP contribution in [0.4, 0.5) is 5.82 Å². The van der Waals surface area contributed by atoms with Gasteiger partial charge in [0.25, 0.3) is 0 Å². The van der Waals surface area contributed by atoms with Gasteiger partial charge in [0.15, 0.2) is 9.84 Å². The molecule has 2 heterocycles. The third-order valence-electron chi connectivity index (χ3n) is 2.59. The predicted octanol–water partition coefficient (Wildman–Crippen LogP) is 1.47. The second-order valence-corrected chi connectivity index (χ2v) is 7.05. The van der Waals surface area contributed by atoms with Crippen LogP contribution in [0.5, 0.6) is 0 Å². The van der Waals surface area contributed by atoms with Gasteiger partial charge in [-0.15, -0.1) is 0 Å². The second kappa shape index (κ2) is 4.71. The van der Waals surface area contributed by atoms with Gasteiger partial charge in [0.05, 0.1) is 11.5 Å². The van der Waals surface area contributed by atoms with Crippen molar-refractivity contribution in [3.8, 4) is 0 Å². The maximum Gasteiger partial charge on any atom is 0.152 e. The molecule has 0 atom stereocenters. The van der Waals surface area contributed by atoms with Crippen LogP contribution >= 0.6 is 15.9 Å². The van der Waals surface area contributed by atoms with Crippen molar-refractivity contribution in [2.75, 3.05) is 29.5 Å². The lowest BCUT2D eigenvalue weighted by molar-refractivity contribution is 0.597. The third kappa shape index (κ3) is 2.95. The molecule has 2 rings (SSSR count). The van der Waals surface area contributed by atoms with Gasteiger partial charge >= 0.3 is 0 Å². The topological polar surface area (TPSA) is 50.3 Å². The van der Waals surface area contributed by atoms with Crippen molar-refractivity contribution in [3.63, 3.8) is 0 Å². The first-order chi connectivity index (χ1) is 7.57. The van der Waals surface area contributed by atoms with E-state index in [2.05, 4.69) is 20.9 Å². The molecule has 4 nitrogen and oxygen atoms in total. The Labute approximate surface area is 104 Å². The van der Waals surface area contributed by atoms with Crippen LogP contribution in [0.2, 0.25) is 0 Å². The minimum atomic E-state index is -2.85. The van der Waals surface area contributed by atoms with Crippen molar-refractivity contribution in [1.29, 1.82) is 0 Å². The van der Waals surface area contributed by atoms with Crippen molar-refractivity contribution < 1.29 is 8.42 Å². The lowest BCUT2D eigenvalue weighted by Gasteiger charge is -2.20. The van der Waals surface area contributed by atoms with E-state index in [9.17, 15) is 8.42 Å². The van der Waals surface area contributed by atoms with E-state index in [1.54, 1.807) is 6.20 Å². The van der Waals surface area contributed by atoms with Gasteiger partial charge in [-0.25, -0.2) is 13.4 Å². The minimum Gasteiger partial charge on any atom is -0.356 e. The van der Waals surface area contributed by atoms with Crippen molar-refractivity contribution in [3.05, 3.63) is 22.8 Å². The lowest BCUT2D eigenvalue weighted by Crippen LogP contribution is -2.27. The van der Waals surface area contributed by atoms with Crippen LogP contribution in [-0.2, 0) is 9.84 Å². The molecule has 0 amide bonds. The Morgan fingerprint density at radius 2 is 2.06 bits per heavy atom. The van der Waals surface area contributed by atoms with E-state index < -0.39 is 9.84 Å². The maximum atomic E-state index is 11.4. The number of anilines is 1. The fourth-order valence-electron chi connectivity index (χ4n) is 1.72. The van der Waals surface area contributed by atoms with Crippen molar-refractivity contribution in [1.82, 2.24) is 4.98 Å². The van der Waals surface area contributed by atoms with Crippen LogP contribution in [-0.4, -0.2) is 38.0 Å². The Morgan fingerprint density at radius 3 is 2.75 bits per heavy atom. The summed E-state index contributed by atoms with van der Waals surface area (Å²) in [5.41, 5.74) is 0. The quantitative estimate of drug-likeness (QED) is 0.788. The van der Waals surface area contributed by atoms with Crippen LogP contribution in [0, 0.1) is 0 Å². The molecule has 0 unspecified atom stereocenters. The maximum absolute atomic E-state index is 11.4. The molecule has 1 aliphatic heterocycles. The monoisotopic (exact) mass is 304 g/mol. The summed E-state index contributed by atoms with van der Waals surface area (Å²) in [5, 5.41) is 0. The molecular formula is C10H13BrN2O2S. The molecular weight excluding hydrogens is 292 g/mol. The molecule has 0 aliphatic carbocycles. The van der Waals surface area contributed by atoms with Crippen LogP contribution in [0.3, 0.4) is 0 Å². The van der Waals surface area contributed by atoms with Gasteiger partial charge < -0.3 is 4.90 Å². The molecule has 6 heteroatoms. The zero-order chi connectivity index (χ0) is 11.6. The van der Waals surface area contributed by atoms with Gasteiger partial charge in [0, 0.05) is 23.8 Å². The largest absolute Gasteiger partial charge is 0.356 e. The van der Waals surface area contributed by atoms with Gasteiger partial charge in [-0.05, 0) is 34.5 Å². The van der Waals surface area contributed by atoms with Crippen LogP contribution in [0.1, 0.15) is 6.42 Å². The molecule has 0 saturated carbocycles. The molecule has 0 radical (unpaired) electrons. The van der Waals surface area contributed by atoms with E-state index in [-0.39, 0.29) is 5.75 Å². The Kier molecular flexibility index (Phi) is 3.49. The standard InChI is InChI=1S/C10H13BrN2O2S/c11-9-2-3-10(12-8-9)13-4-1-6-16(14,15)7-5-13/h2-3,8H,1,4-7H2. The van der Waals surface area contributed by atoms with Gasteiger partial charge in [-0.3, -0.25) is 0 Å². The van der Waals surface area contributed by atoms with Gasteiger partial charge in [0.1, 0.15) is 5.82 Å². The second-order valence-electron chi connectivity index (χ2n) is 3.83. The van der Waals surface area contributed by atoms with Gasteiger partial charge in [0.2, 0.25) is 0 Å². The smallest absolute Gasteiger partial charge is 0.152 e. The molecule has 1 fully saturated rings. The summed E-state index contributed by atoms with van der Waals surface area (Å²) in [6, 6.07) is 3.82. The van der Waals surface area contributed by atoms with E-state index in [0.29, 0.717) is 18.7 Å². The summed E-state index contributed by atoms with van der Waals surface area (Å²) < 4.78 is 23.8. The highest BCUT2D eigenvalue weighted by atomic mass is 79.9. The average Bonchev–Trinajstić information content (AvgIpc) is 2.41. The fraction of sp³-hybridized carbons (Fsp3) is 0.500. The Morgan fingerprint density at radius 1 is 1.25 bits per heavy atom. The van der Waals surface area contributed by atoms with Crippen molar-refractivity contribution in [2.24, 2.45) is 0 Å². The Bertz CT molecular complexity index is 458. The van der Waals surface area contributed by atoms with E-state index in [1.165, 1.54) is 0 Å². The van der Waals surface area contributed by atoms with Crippen molar-refractivity contribution >= 4 is 31.6 Å². The third-order valence-corrected chi connectivity index (χ3v) is 4.78. The zero-order valence-corrected chi connectivity index (χ0v) is 11.2. The van der Waals surface area contributed by atoms with Crippen LogP contribution in [0.15, 0.2) is 22.8 Å². The lowest BCUT2D eigenvalue weighted by atomic mass is 10.3. The summed E-state index contributed by atoms with van der Waals surface area (Å²) in [5.74, 6) is 1.37. The minimum absolute atomic E-state index is 0.227. The summed E-state index contributed by atoms with van der Waals surface area (Å²) in [6.45, 7) is 1.30. The number of rotatable bonds is 1. The fourth-order valence-corrected chi connectivity index (χ4v) is 3.23. The number of hydrogen-bond donors (Lipinski definition) is 0. The molecule has 1 aromatic heterocycles. The van der Waals surface area contributed by atoms with E-state index in [4.69, 9.17) is 0 Å². The zero-order valence-electron chi connectivity index (χ0n) is 8.76. The molecule has 0 aromatic carbocycles. The molecule has 0 bridgehead atoms. The summed E-state index contributed by atoms with van der Waals surface area (Å²) in [7, 11) is -2.85. The van der Waals surface area contributed by atoms with E-state index in [1.807, 2.05) is 17.0 Å². The van der Waals surface area contributed by atoms with Crippen LogP contribution < -0.4 is 4.90 Å². The first-order valence-corrected chi connectivity index (χ1v) is 7.75. The normalized spacial score (nSPS) is 20.4. The summed E-state index contributed by atoms with van der Waals surface area (Å²) >= 11 is 3.33.